The van der Waals surface area contributed by atoms with E-state index in [1.807, 2.05) is 0 Å². The first-order valence-electron chi connectivity index (χ1n) is 29.4. The van der Waals surface area contributed by atoms with Gasteiger partial charge in [0.15, 0.2) is 18.9 Å². The SMILES string of the molecule is CCCCCCCCC/C=C\CCCCCCCC(=O)OC[C@@H](O)COP(=O)(O)O[C@@H]1C(C[C@@H]2OC(CO[C@@H]3OC(CO[C@@H]4OC(CO)[C@H](O)C(O)[C@@H]4O)[C@H](O)C(O)[C@@H]3O)[C@H](O)C(O)[C@@H]2O)C(O)[C@@H](O)C(O)[C@H]1O[C@H]1OC(CO)[C@@H](O)C(O)[C@H]1O. The number of ether oxygens (including phenoxy) is 8. The Hall–Kier alpha value is -1.68. The average Bonchev–Trinajstić information content (AvgIpc) is 1.72. The summed E-state index contributed by atoms with van der Waals surface area (Å²) >= 11 is 0. The van der Waals surface area contributed by atoms with Crippen LogP contribution in [-0.2, 0) is 56.3 Å². The fraction of sp³-hybridized carbons (Fsp3) is 0.943. The second-order valence-corrected chi connectivity index (χ2v) is 24.0. The zero-order chi connectivity index (χ0) is 62.7. The zero-order valence-electron chi connectivity index (χ0n) is 47.6. The van der Waals surface area contributed by atoms with Gasteiger partial charge in [-0.25, -0.2) is 4.57 Å². The molecule has 85 heavy (non-hydrogen) atoms. The molecule has 0 aromatic rings. The minimum absolute atomic E-state index is 0.0229. The first-order valence-corrected chi connectivity index (χ1v) is 30.9. The van der Waals surface area contributed by atoms with Gasteiger partial charge in [0.1, 0.15) is 135 Å². The summed E-state index contributed by atoms with van der Waals surface area (Å²) in [4.78, 5) is 23.6. The molecule has 0 aromatic heterocycles. The summed E-state index contributed by atoms with van der Waals surface area (Å²) in [6.45, 7) is -2.96. The third-order valence-electron chi connectivity index (χ3n) is 16.1. The van der Waals surface area contributed by atoms with Crippen molar-refractivity contribution in [2.75, 3.05) is 39.6 Å². The number of carbonyl (C=O) groups is 1. The van der Waals surface area contributed by atoms with Crippen LogP contribution in [0.25, 0.3) is 0 Å². The van der Waals surface area contributed by atoms with Crippen LogP contribution >= 0.6 is 7.82 Å². The molecule has 1 saturated carbocycles. The lowest BCUT2D eigenvalue weighted by atomic mass is 9.74. The summed E-state index contributed by atoms with van der Waals surface area (Å²) in [5, 5.41) is 192. The van der Waals surface area contributed by atoms with E-state index in [9.17, 15) is 106 Å². The topological polar surface area (TPSA) is 511 Å². The van der Waals surface area contributed by atoms with Crippen LogP contribution < -0.4 is 0 Å². The molecule has 4 saturated heterocycles. The van der Waals surface area contributed by atoms with Gasteiger partial charge in [-0.05, 0) is 38.5 Å². The number of phosphoric acid groups is 1. The van der Waals surface area contributed by atoms with E-state index >= 15 is 0 Å². The maximum absolute atomic E-state index is 13.8. The van der Waals surface area contributed by atoms with Crippen LogP contribution in [0.1, 0.15) is 110 Å². The van der Waals surface area contributed by atoms with E-state index in [-0.39, 0.29) is 6.42 Å². The van der Waals surface area contributed by atoms with E-state index in [0.29, 0.717) is 6.42 Å². The van der Waals surface area contributed by atoms with Gasteiger partial charge in [0.25, 0.3) is 0 Å². The lowest BCUT2D eigenvalue weighted by Gasteiger charge is -2.50. The molecule has 0 spiro atoms. The molecule has 4 aliphatic heterocycles. The highest BCUT2D eigenvalue weighted by atomic mass is 31.2. The number of rotatable bonds is 35. The molecule has 19 N–H and O–H groups in total. The van der Waals surface area contributed by atoms with Gasteiger partial charge in [-0.1, -0.05) is 76.9 Å². The van der Waals surface area contributed by atoms with Gasteiger partial charge in [0.05, 0.1) is 45.2 Å². The van der Waals surface area contributed by atoms with Crippen LogP contribution in [0.15, 0.2) is 12.2 Å². The van der Waals surface area contributed by atoms with Crippen molar-refractivity contribution in [2.24, 2.45) is 5.92 Å². The Morgan fingerprint density at radius 1 is 0.482 bits per heavy atom. The molecule has 498 valence electrons. The number of allylic oxidation sites excluding steroid dienone is 2. The standard InChI is InChI=1S/C53H95O31P/c1-2-3-4-5-6-7-8-9-10-11-12-13-14-15-16-17-18-33(57)75-22-26(56)23-78-85(73,74)84-49-27(34(58)40(64)45(69)50(49)83-53-48(72)43(67)37(61)30(21-55)81-53)19-28-35(59)41(65)38(62)31(79-28)24-76-52-47(71)44(68)39(63)32(82-52)25-77-51-46(70)42(66)36(60)29(20-54)80-51/h10-11,26-32,34-56,58-72H,2-9,12-25H2,1H3,(H,73,74)/b11-10-/t26-,27?,28+,29?,30?,31?,32?,34?,35-,36+,37-,38+,39+,40-,41?,42?,43?,44?,45?,46+,47+,48-,49-,50-,51-,52-,53-/m1/s1. The number of aliphatic hydroxyl groups excluding tert-OH is 18. The molecule has 0 amide bonds. The molecule has 31 nitrogen and oxygen atoms in total. The van der Waals surface area contributed by atoms with Crippen molar-refractivity contribution < 1.29 is 153 Å². The van der Waals surface area contributed by atoms with Gasteiger partial charge < -0.3 is 135 Å². The highest BCUT2D eigenvalue weighted by molar-refractivity contribution is 7.47. The van der Waals surface area contributed by atoms with Crippen LogP contribution in [0.3, 0.4) is 0 Å². The van der Waals surface area contributed by atoms with Gasteiger partial charge in [0, 0.05) is 12.3 Å². The number of carbonyl (C=O) groups excluding carboxylic acids is 1. The van der Waals surface area contributed by atoms with Crippen LogP contribution in [0.5, 0.6) is 0 Å². The number of phosphoric ester groups is 1. The van der Waals surface area contributed by atoms with Crippen molar-refractivity contribution >= 4 is 13.8 Å². The number of esters is 1. The normalized spacial score (nSPS) is 41.2. The molecule has 5 aliphatic rings. The summed E-state index contributed by atoms with van der Waals surface area (Å²) in [6, 6.07) is 0. The van der Waals surface area contributed by atoms with Crippen molar-refractivity contribution in [3.05, 3.63) is 12.2 Å². The Morgan fingerprint density at radius 2 is 0.906 bits per heavy atom. The third kappa shape index (κ3) is 21.2. The monoisotopic (exact) mass is 1260 g/mol. The lowest BCUT2D eigenvalue weighted by molar-refractivity contribution is -0.339. The first-order chi connectivity index (χ1) is 40.4. The van der Waals surface area contributed by atoms with Crippen LogP contribution in [0.2, 0.25) is 0 Å². The molecule has 32 heteroatoms. The fourth-order valence-corrected chi connectivity index (χ4v) is 11.8. The van der Waals surface area contributed by atoms with Gasteiger partial charge in [-0.3, -0.25) is 13.8 Å². The van der Waals surface area contributed by atoms with E-state index in [1.165, 1.54) is 44.9 Å². The van der Waals surface area contributed by atoms with E-state index in [0.717, 1.165) is 38.5 Å². The van der Waals surface area contributed by atoms with Crippen LogP contribution in [0, 0.1) is 5.92 Å². The van der Waals surface area contributed by atoms with Crippen LogP contribution in [-0.4, -0.2) is 302 Å². The Kier molecular flexibility index (Phi) is 31.7. The van der Waals surface area contributed by atoms with Crippen molar-refractivity contribution in [1.82, 2.24) is 0 Å². The Labute approximate surface area is 492 Å². The Balaban J connectivity index is 1.20. The van der Waals surface area contributed by atoms with E-state index < -0.39 is 225 Å². The molecular weight excluding hydrogens is 1160 g/mol. The molecule has 5 rings (SSSR count). The molecule has 0 bridgehead atoms. The highest BCUT2D eigenvalue weighted by Crippen LogP contribution is 2.50. The maximum atomic E-state index is 13.8. The third-order valence-corrected chi connectivity index (χ3v) is 17.0. The van der Waals surface area contributed by atoms with Crippen LogP contribution in [0.4, 0.5) is 0 Å². The summed E-state index contributed by atoms with van der Waals surface area (Å²) in [5.74, 6) is -2.57. The molecule has 1 aliphatic carbocycles. The van der Waals surface area contributed by atoms with Gasteiger partial charge in [0.2, 0.25) is 0 Å². The van der Waals surface area contributed by atoms with Gasteiger partial charge >= 0.3 is 13.8 Å². The quantitative estimate of drug-likeness (QED) is 0.0122. The minimum atomic E-state index is -5.61. The van der Waals surface area contributed by atoms with Gasteiger partial charge in [-0.15, -0.1) is 0 Å². The summed E-state index contributed by atoms with van der Waals surface area (Å²) < 4.78 is 68.4. The first kappa shape index (κ1) is 74.1. The molecule has 0 radical (unpaired) electrons. The molecule has 4 heterocycles. The Bertz CT molecular complexity index is 1960. The minimum Gasteiger partial charge on any atom is -0.463 e. The van der Waals surface area contributed by atoms with Gasteiger partial charge in [-0.2, -0.15) is 0 Å². The lowest BCUT2D eigenvalue weighted by Crippen LogP contribution is -2.67. The number of aliphatic hydroxyl groups is 18. The van der Waals surface area contributed by atoms with Crippen molar-refractivity contribution in [3.8, 4) is 0 Å². The summed E-state index contributed by atoms with van der Waals surface area (Å²) in [7, 11) is -5.61. The molecular formula is C53H95O31P. The van der Waals surface area contributed by atoms with Crippen molar-refractivity contribution in [3.63, 3.8) is 0 Å². The fourth-order valence-electron chi connectivity index (χ4n) is 10.8. The maximum Gasteiger partial charge on any atom is 0.472 e. The smallest absolute Gasteiger partial charge is 0.463 e. The number of hydrogen-bond acceptors (Lipinski definition) is 30. The predicted octanol–water partition coefficient (Wildman–Crippen LogP) is -5.40. The summed E-state index contributed by atoms with van der Waals surface area (Å²) in [6.07, 6.45) is -32.4. The zero-order valence-corrected chi connectivity index (χ0v) is 48.5. The average molecular weight is 1260 g/mol. The highest BCUT2D eigenvalue weighted by Gasteiger charge is 2.58. The molecule has 5 fully saturated rings. The summed E-state index contributed by atoms with van der Waals surface area (Å²) in [5.41, 5.74) is 0. The largest absolute Gasteiger partial charge is 0.472 e. The van der Waals surface area contributed by atoms with Crippen molar-refractivity contribution in [2.45, 2.75) is 269 Å². The van der Waals surface area contributed by atoms with E-state index in [1.54, 1.807) is 0 Å². The van der Waals surface area contributed by atoms with E-state index in [4.69, 9.17) is 46.9 Å². The number of unbranched alkanes of at least 4 members (excludes halogenated alkanes) is 12. The van der Waals surface area contributed by atoms with Crippen molar-refractivity contribution in [1.29, 1.82) is 0 Å². The molecule has 12 unspecified atom stereocenters. The Morgan fingerprint density at radius 3 is 1.44 bits per heavy atom. The molecule has 28 atom stereocenters. The second kappa shape index (κ2) is 36.4. The predicted molar refractivity (Wildman–Crippen MR) is 285 cm³/mol. The second-order valence-electron chi connectivity index (χ2n) is 22.6. The van der Waals surface area contributed by atoms with E-state index in [2.05, 4.69) is 19.1 Å². The molecule has 0 aromatic carbocycles. The number of hydrogen-bond donors (Lipinski definition) is 19.